The monoisotopic (exact) mass is 311 g/mol. The van der Waals surface area contributed by atoms with Gasteiger partial charge in [-0.1, -0.05) is 17.7 Å². The first kappa shape index (κ1) is 15.8. The van der Waals surface area contributed by atoms with Crippen LogP contribution in [0, 0.1) is 20.8 Å². The van der Waals surface area contributed by atoms with E-state index in [1.54, 1.807) is 0 Å². The maximum Gasteiger partial charge on any atom is 0.258 e. The quantitative estimate of drug-likeness (QED) is 0.909. The van der Waals surface area contributed by atoms with Crippen molar-refractivity contribution in [3.63, 3.8) is 0 Å². The fourth-order valence-corrected chi connectivity index (χ4v) is 4.38. The number of carbonyl (C=O) groups is 1. The first-order chi connectivity index (χ1) is 9.77. The summed E-state index contributed by atoms with van der Waals surface area (Å²) in [6, 6.07) is 3.72. The lowest BCUT2D eigenvalue weighted by molar-refractivity contribution is -0.123. The van der Waals surface area contributed by atoms with Crippen LogP contribution in [0.3, 0.4) is 0 Å². The number of carbonyl (C=O) groups excluding carboxylic acids is 1. The minimum atomic E-state index is -2.98. The molecule has 1 N–H and O–H groups in total. The fraction of sp³-hybridized carbons (Fsp3) is 0.533. The van der Waals surface area contributed by atoms with Crippen molar-refractivity contribution in [1.29, 1.82) is 0 Å². The van der Waals surface area contributed by atoms with Gasteiger partial charge in [-0.05, 0) is 38.3 Å². The van der Waals surface area contributed by atoms with Gasteiger partial charge in [0.05, 0.1) is 11.5 Å². The smallest absolute Gasteiger partial charge is 0.258 e. The maximum atomic E-state index is 11.8. The van der Waals surface area contributed by atoms with Gasteiger partial charge in [0.2, 0.25) is 0 Å². The van der Waals surface area contributed by atoms with Crippen LogP contribution in [0.25, 0.3) is 0 Å². The third kappa shape index (κ3) is 4.20. The molecule has 5 nitrogen and oxygen atoms in total. The van der Waals surface area contributed by atoms with E-state index in [9.17, 15) is 13.2 Å². The summed E-state index contributed by atoms with van der Waals surface area (Å²) in [5.41, 5.74) is 3.13. The molecule has 0 saturated carbocycles. The van der Waals surface area contributed by atoms with Crippen LogP contribution in [0.1, 0.15) is 23.1 Å². The van der Waals surface area contributed by atoms with Crippen LogP contribution in [0.2, 0.25) is 0 Å². The second-order valence-electron chi connectivity index (χ2n) is 5.68. The lowest BCUT2D eigenvalue weighted by Crippen LogP contribution is -2.38. The summed E-state index contributed by atoms with van der Waals surface area (Å²) >= 11 is 0. The number of hydrogen-bond donors (Lipinski definition) is 1. The van der Waals surface area contributed by atoms with Crippen molar-refractivity contribution in [2.24, 2.45) is 0 Å². The highest BCUT2D eigenvalue weighted by Gasteiger charge is 2.28. The van der Waals surface area contributed by atoms with E-state index in [0.717, 1.165) is 22.4 Å². The van der Waals surface area contributed by atoms with Crippen LogP contribution in [0.4, 0.5) is 0 Å². The van der Waals surface area contributed by atoms with Gasteiger partial charge in [0, 0.05) is 6.04 Å². The van der Waals surface area contributed by atoms with E-state index in [-0.39, 0.29) is 30.1 Å². The largest absolute Gasteiger partial charge is 0.483 e. The lowest BCUT2D eigenvalue weighted by Gasteiger charge is -2.15. The molecule has 0 radical (unpaired) electrons. The topological polar surface area (TPSA) is 72.5 Å². The molecule has 0 spiro atoms. The van der Waals surface area contributed by atoms with Crippen LogP contribution >= 0.6 is 0 Å². The van der Waals surface area contributed by atoms with E-state index in [0.29, 0.717) is 6.42 Å². The molecule has 0 aliphatic carbocycles. The van der Waals surface area contributed by atoms with Gasteiger partial charge in [0.15, 0.2) is 16.4 Å². The Morgan fingerprint density at radius 3 is 2.43 bits per heavy atom. The molecular formula is C15H21NO4S. The third-order valence-corrected chi connectivity index (χ3v) is 5.32. The normalized spacial score (nSPS) is 20.2. The van der Waals surface area contributed by atoms with Crippen molar-refractivity contribution in [3.8, 4) is 5.75 Å². The van der Waals surface area contributed by atoms with E-state index in [4.69, 9.17) is 4.74 Å². The van der Waals surface area contributed by atoms with E-state index in [1.165, 1.54) is 0 Å². The van der Waals surface area contributed by atoms with E-state index in [2.05, 4.69) is 5.32 Å². The highest BCUT2D eigenvalue weighted by atomic mass is 32.2. The van der Waals surface area contributed by atoms with Gasteiger partial charge in [-0.2, -0.15) is 0 Å². The Morgan fingerprint density at radius 2 is 1.90 bits per heavy atom. The van der Waals surface area contributed by atoms with Crippen LogP contribution in [0.5, 0.6) is 5.75 Å². The zero-order valence-corrected chi connectivity index (χ0v) is 13.4. The number of aryl methyl sites for hydroxylation is 3. The number of nitrogens with one attached hydrogen (secondary N) is 1. The Hall–Kier alpha value is -1.56. The molecule has 116 valence electrons. The molecule has 21 heavy (non-hydrogen) atoms. The van der Waals surface area contributed by atoms with Crippen molar-refractivity contribution in [1.82, 2.24) is 5.32 Å². The second-order valence-corrected chi connectivity index (χ2v) is 7.91. The highest BCUT2D eigenvalue weighted by molar-refractivity contribution is 7.91. The van der Waals surface area contributed by atoms with Crippen molar-refractivity contribution < 1.29 is 17.9 Å². The molecule has 1 atom stereocenters. The van der Waals surface area contributed by atoms with Crippen LogP contribution in [-0.4, -0.2) is 38.5 Å². The number of rotatable bonds is 4. The summed E-state index contributed by atoms with van der Waals surface area (Å²) in [6.45, 7) is 5.80. The first-order valence-electron chi connectivity index (χ1n) is 6.97. The standard InChI is InChI=1S/C15H21NO4S/c1-10-6-11(2)15(12(3)7-10)20-8-14(17)16-13-4-5-21(18,19)9-13/h6-7,13H,4-5,8-9H2,1-3H3,(H,16,17)/t13-/m1/s1. The third-order valence-electron chi connectivity index (χ3n) is 3.55. The molecular weight excluding hydrogens is 290 g/mol. The Morgan fingerprint density at radius 1 is 1.29 bits per heavy atom. The molecule has 1 heterocycles. The maximum absolute atomic E-state index is 11.8. The molecule has 1 amide bonds. The molecule has 1 aromatic carbocycles. The Balaban J connectivity index is 1.90. The first-order valence-corrected chi connectivity index (χ1v) is 8.79. The van der Waals surface area contributed by atoms with Gasteiger partial charge in [-0.15, -0.1) is 0 Å². The molecule has 6 heteroatoms. The van der Waals surface area contributed by atoms with Gasteiger partial charge in [-0.25, -0.2) is 8.42 Å². The highest BCUT2D eigenvalue weighted by Crippen LogP contribution is 2.24. The van der Waals surface area contributed by atoms with Crippen molar-refractivity contribution in [2.75, 3.05) is 18.1 Å². The summed E-state index contributed by atoms with van der Waals surface area (Å²) in [5.74, 6) is 0.613. The Labute approximate surface area is 125 Å². The summed E-state index contributed by atoms with van der Waals surface area (Å²) in [7, 11) is -2.98. The zero-order valence-electron chi connectivity index (χ0n) is 12.6. The van der Waals surface area contributed by atoms with Gasteiger partial charge < -0.3 is 10.1 Å². The van der Waals surface area contributed by atoms with Crippen LogP contribution in [-0.2, 0) is 14.6 Å². The zero-order chi connectivity index (χ0) is 15.6. The minimum Gasteiger partial charge on any atom is -0.483 e. The lowest BCUT2D eigenvalue weighted by atomic mass is 10.1. The number of sulfone groups is 1. The molecule has 2 rings (SSSR count). The SMILES string of the molecule is Cc1cc(C)c(OCC(=O)N[C@@H]2CCS(=O)(=O)C2)c(C)c1. The van der Waals surface area contributed by atoms with Gasteiger partial charge >= 0.3 is 0 Å². The fourth-order valence-electron chi connectivity index (χ4n) is 2.71. The summed E-state index contributed by atoms with van der Waals surface area (Å²) in [4.78, 5) is 11.8. The molecule has 1 aliphatic rings. The number of hydrogen-bond acceptors (Lipinski definition) is 4. The molecule has 0 aromatic heterocycles. The van der Waals surface area contributed by atoms with Crippen molar-refractivity contribution >= 4 is 15.7 Å². The average molecular weight is 311 g/mol. The van der Waals surface area contributed by atoms with Crippen molar-refractivity contribution in [2.45, 2.75) is 33.2 Å². The second kappa shape index (κ2) is 6.05. The van der Waals surface area contributed by atoms with Gasteiger partial charge in [-0.3, -0.25) is 4.79 Å². The minimum absolute atomic E-state index is 0.0291. The molecule has 1 saturated heterocycles. The average Bonchev–Trinajstić information content (AvgIpc) is 2.67. The molecule has 0 unspecified atom stereocenters. The van der Waals surface area contributed by atoms with Crippen molar-refractivity contribution in [3.05, 3.63) is 28.8 Å². The number of benzene rings is 1. The number of amides is 1. The van der Waals surface area contributed by atoms with Gasteiger partial charge in [0.25, 0.3) is 5.91 Å². The van der Waals surface area contributed by atoms with Crippen LogP contribution < -0.4 is 10.1 Å². The van der Waals surface area contributed by atoms with Crippen LogP contribution in [0.15, 0.2) is 12.1 Å². The van der Waals surface area contributed by atoms with E-state index < -0.39 is 9.84 Å². The number of ether oxygens (including phenoxy) is 1. The summed E-state index contributed by atoms with van der Waals surface area (Å²) < 4.78 is 28.3. The summed E-state index contributed by atoms with van der Waals surface area (Å²) in [6.07, 6.45) is 0.483. The molecule has 1 aliphatic heterocycles. The van der Waals surface area contributed by atoms with Gasteiger partial charge in [0.1, 0.15) is 5.75 Å². The molecule has 0 bridgehead atoms. The Bertz CT molecular complexity index is 629. The predicted octanol–water partition coefficient (Wildman–Crippen LogP) is 1.29. The molecule has 1 fully saturated rings. The molecule has 1 aromatic rings. The Kier molecular flexibility index (Phi) is 4.56. The summed E-state index contributed by atoms with van der Waals surface area (Å²) in [5, 5.41) is 2.71. The van der Waals surface area contributed by atoms with E-state index in [1.807, 2.05) is 32.9 Å². The van der Waals surface area contributed by atoms with E-state index >= 15 is 0 Å². The predicted molar refractivity (Wildman–Crippen MR) is 81.3 cm³/mol.